The lowest BCUT2D eigenvalue weighted by Crippen LogP contribution is -2.36. The van der Waals surface area contributed by atoms with Gasteiger partial charge in [-0.25, -0.2) is 4.79 Å². The number of nitrogens with two attached hydrogens (primary N) is 1. The lowest BCUT2D eigenvalue weighted by molar-refractivity contribution is -0.134. The molecule has 2 N–H and O–H groups in total. The second-order valence-corrected chi connectivity index (χ2v) is 4.54. The van der Waals surface area contributed by atoms with Crippen LogP contribution in [0.3, 0.4) is 0 Å². The second kappa shape index (κ2) is 8.19. The summed E-state index contributed by atoms with van der Waals surface area (Å²) in [6, 6.07) is 6.65. The zero-order chi connectivity index (χ0) is 15.0. The molecule has 0 unspecified atom stereocenters. The maximum atomic E-state index is 12.0. The number of para-hydroxylation sites is 1. The molecule has 1 amide bonds. The topological polar surface area (TPSA) is 72.6 Å². The van der Waals surface area contributed by atoms with E-state index in [9.17, 15) is 9.59 Å². The average Bonchev–Trinajstić information content (AvgIpc) is 2.44. The third-order valence-corrected chi connectivity index (χ3v) is 2.85. The zero-order valence-corrected chi connectivity index (χ0v) is 12.1. The first-order valence-electron chi connectivity index (χ1n) is 6.89. The molecular formula is C15H22N2O3. The maximum absolute atomic E-state index is 12.0. The van der Waals surface area contributed by atoms with E-state index in [-0.39, 0.29) is 18.1 Å². The van der Waals surface area contributed by atoms with Crippen molar-refractivity contribution in [2.75, 3.05) is 25.4 Å². The van der Waals surface area contributed by atoms with E-state index in [0.717, 1.165) is 12.8 Å². The summed E-state index contributed by atoms with van der Waals surface area (Å²) in [5, 5.41) is 0. The molecule has 0 aromatic heterocycles. The van der Waals surface area contributed by atoms with Crippen LogP contribution < -0.4 is 5.73 Å². The van der Waals surface area contributed by atoms with E-state index in [2.05, 4.69) is 0 Å². The van der Waals surface area contributed by atoms with Gasteiger partial charge >= 0.3 is 5.97 Å². The van der Waals surface area contributed by atoms with Crippen LogP contribution in [0.2, 0.25) is 0 Å². The van der Waals surface area contributed by atoms with Gasteiger partial charge in [0, 0.05) is 18.8 Å². The number of esters is 1. The Morgan fingerprint density at radius 3 is 2.30 bits per heavy atom. The predicted octanol–water partition coefficient (Wildman–Crippen LogP) is 2.07. The van der Waals surface area contributed by atoms with Crippen molar-refractivity contribution in [3.63, 3.8) is 0 Å². The fourth-order valence-electron chi connectivity index (χ4n) is 1.88. The van der Waals surface area contributed by atoms with Crippen molar-refractivity contribution in [3.05, 3.63) is 29.8 Å². The molecule has 0 fully saturated rings. The van der Waals surface area contributed by atoms with Gasteiger partial charge in [-0.2, -0.15) is 0 Å². The molecule has 0 spiro atoms. The third-order valence-electron chi connectivity index (χ3n) is 2.85. The van der Waals surface area contributed by atoms with E-state index < -0.39 is 5.97 Å². The summed E-state index contributed by atoms with van der Waals surface area (Å²) in [6.07, 6.45) is 1.76. The quantitative estimate of drug-likeness (QED) is 0.612. The van der Waals surface area contributed by atoms with Crippen LogP contribution in [0, 0.1) is 0 Å². The summed E-state index contributed by atoms with van der Waals surface area (Å²) in [6.45, 7) is 5.13. The minimum absolute atomic E-state index is 0.170. The number of anilines is 1. The normalized spacial score (nSPS) is 10.1. The number of hydrogen-bond acceptors (Lipinski definition) is 4. The summed E-state index contributed by atoms with van der Waals surface area (Å²) < 4.78 is 5.03. The Morgan fingerprint density at radius 2 is 1.75 bits per heavy atom. The summed E-state index contributed by atoms with van der Waals surface area (Å²) in [4.78, 5) is 25.5. The van der Waals surface area contributed by atoms with Crippen molar-refractivity contribution in [1.82, 2.24) is 4.90 Å². The molecule has 0 saturated carbocycles. The van der Waals surface area contributed by atoms with Gasteiger partial charge in [-0.3, -0.25) is 4.79 Å². The van der Waals surface area contributed by atoms with Gasteiger partial charge in [-0.1, -0.05) is 26.0 Å². The van der Waals surface area contributed by atoms with Gasteiger partial charge in [0.05, 0.1) is 5.56 Å². The average molecular weight is 278 g/mol. The Bertz CT molecular complexity index is 454. The lowest BCUT2D eigenvalue weighted by atomic mass is 10.2. The summed E-state index contributed by atoms with van der Waals surface area (Å²) in [5.74, 6) is -0.735. The molecule has 0 radical (unpaired) electrons. The highest BCUT2D eigenvalue weighted by atomic mass is 16.5. The molecule has 0 aliphatic heterocycles. The van der Waals surface area contributed by atoms with Gasteiger partial charge in [0.15, 0.2) is 6.61 Å². The number of carbonyl (C=O) groups is 2. The molecule has 20 heavy (non-hydrogen) atoms. The molecule has 5 heteroatoms. The molecular weight excluding hydrogens is 256 g/mol. The number of ether oxygens (including phenoxy) is 1. The number of rotatable bonds is 7. The highest BCUT2D eigenvalue weighted by Gasteiger charge is 2.16. The Morgan fingerprint density at radius 1 is 1.15 bits per heavy atom. The van der Waals surface area contributed by atoms with E-state index in [4.69, 9.17) is 10.5 Å². The minimum Gasteiger partial charge on any atom is -0.452 e. The van der Waals surface area contributed by atoms with Crippen LogP contribution in [0.25, 0.3) is 0 Å². The van der Waals surface area contributed by atoms with Crippen LogP contribution >= 0.6 is 0 Å². The third kappa shape index (κ3) is 4.57. The molecule has 0 aliphatic carbocycles. The summed E-state index contributed by atoms with van der Waals surface area (Å²) >= 11 is 0. The molecule has 5 nitrogen and oxygen atoms in total. The molecule has 1 rings (SSSR count). The number of benzene rings is 1. The van der Waals surface area contributed by atoms with E-state index in [1.807, 2.05) is 13.8 Å². The zero-order valence-electron chi connectivity index (χ0n) is 12.1. The van der Waals surface area contributed by atoms with Crippen LogP contribution in [-0.2, 0) is 9.53 Å². The highest BCUT2D eigenvalue weighted by Crippen LogP contribution is 2.11. The van der Waals surface area contributed by atoms with Crippen molar-refractivity contribution in [2.24, 2.45) is 0 Å². The standard InChI is InChI=1S/C15H22N2O3/c1-3-9-17(10-4-2)14(18)11-20-15(19)12-7-5-6-8-13(12)16/h5-8H,3-4,9-11,16H2,1-2H3. The second-order valence-electron chi connectivity index (χ2n) is 4.54. The lowest BCUT2D eigenvalue weighted by Gasteiger charge is -2.21. The summed E-state index contributed by atoms with van der Waals surface area (Å²) in [7, 11) is 0. The fraction of sp³-hybridized carbons (Fsp3) is 0.467. The van der Waals surface area contributed by atoms with Crippen LogP contribution in [-0.4, -0.2) is 36.5 Å². The Labute approximate surface area is 119 Å². The van der Waals surface area contributed by atoms with Gasteiger partial charge in [0.25, 0.3) is 5.91 Å². The molecule has 1 aromatic carbocycles. The molecule has 0 saturated heterocycles. The number of nitrogen functional groups attached to an aromatic ring is 1. The Balaban J connectivity index is 2.55. The van der Waals surface area contributed by atoms with E-state index in [1.165, 1.54) is 0 Å². The van der Waals surface area contributed by atoms with E-state index in [0.29, 0.717) is 18.8 Å². The first-order chi connectivity index (χ1) is 9.60. The van der Waals surface area contributed by atoms with Crippen LogP contribution in [0.15, 0.2) is 24.3 Å². The minimum atomic E-state index is -0.565. The Kier molecular flexibility index (Phi) is 6.56. The highest BCUT2D eigenvalue weighted by molar-refractivity contribution is 5.96. The number of hydrogen-bond donors (Lipinski definition) is 1. The first-order valence-corrected chi connectivity index (χ1v) is 6.89. The van der Waals surface area contributed by atoms with E-state index >= 15 is 0 Å². The first kappa shape index (κ1) is 16.0. The van der Waals surface area contributed by atoms with Gasteiger partial charge in [-0.15, -0.1) is 0 Å². The van der Waals surface area contributed by atoms with Crippen LogP contribution in [0.4, 0.5) is 5.69 Å². The largest absolute Gasteiger partial charge is 0.452 e. The van der Waals surface area contributed by atoms with Crippen LogP contribution in [0.1, 0.15) is 37.0 Å². The molecule has 0 heterocycles. The van der Waals surface area contributed by atoms with Crippen LogP contribution in [0.5, 0.6) is 0 Å². The molecule has 1 aromatic rings. The van der Waals surface area contributed by atoms with Crippen molar-refractivity contribution in [3.8, 4) is 0 Å². The molecule has 0 atom stereocenters. The Hall–Kier alpha value is -2.04. The number of carbonyl (C=O) groups excluding carboxylic acids is 2. The van der Waals surface area contributed by atoms with Crippen molar-refractivity contribution in [2.45, 2.75) is 26.7 Å². The molecule has 110 valence electrons. The predicted molar refractivity (Wildman–Crippen MR) is 78.3 cm³/mol. The molecule has 0 aliphatic rings. The summed E-state index contributed by atoms with van der Waals surface area (Å²) in [5.41, 5.74) is 6.33. The number of amides is 1. The van der Waals surface area contributed by atoms with Crippen molar-refractivity contribution in [1.29, 1.82) is 0 Å². The van der Waals surface area contributed by atoms with Gasteiger partial charge in [0.2, 0.25) is 0 Å². The van der Waals surface area contributed by atoms with Gasteiger partial charge in [-0.05, 0) is 25.0 Å². The number of nitrogens with zero attached hydrogens (tertiary/aromatic N) is 1. The SMILES string of the molecule is CCCN(CCC)C(=O)COC(=O)c1ccccc1N. The van der Waals surface area contributed by atoms with Crippen molar-refractivity contribution < 1.29 is 14.3 Å². The smallest absolute Gasteiger partial charge is 0.340 e. The maximum Gasteiger partial charge on any atom is 0.340 e. The van der Waals surface area contributed by atoms with Gasteiger partial charge < -0.3 is 15.4 Å². The van der Waals surface area contributed by atoms with Crippen molar-refractivity contribution >= 4 is 17.6 Å². The fourth-order valence-corrected chi connectivity index (χ4v) is 1.88. The van der Waals surface area contributed by atoms with Gasteiger partial charge in [0.1, 0.15) is 0 Å². The van der Waals surface area contributed by atoms with E-state index in [1.54, 1.807) is 29.2 Å². The monoisotopic (exact) mass is 278 g/mol. The molecule has 0 bridgehead atoms.